The molecule has 0 aromatic rings. The second-order valence-electron chi connectivity index (χ2n) is 3.50. The monoisotopic (exact) mass is 204 g/mol. The molecule has 0 radical (unpaired) electrons. The average Bonchev–Trinajstić information content (AvgIpc) is 2.16. The molecule has 0 spiro atoms. The van der Waals surface area contributed by atoms with E-state index in [4.69, 9.17) is 28.0 Å². The number of aliphatic carboxylic acids is 1. The zero-order valence-corrected chi connectivity index (χ0v) is 8.23. The van der Waals surface area contributed by atoms with Crippen LogP contribution in [0.3, 0.4) is 0 Å². The first kappa shape index (κ1) is 13.3. The first-order chi connectivity index (χ1) is 6.51. The van der Waals surface area contributed by atoms with Crippen molar-refractivity contribution in [2.45, 2.75) is 24.9 Å². The van der Waals surface area contributed by atoms with E-state index in [0.717, 1.165) is 0 Å². The van der Waals surface area contributed by atoms with E-state index in [1.165, 1.54) is 0 Å². The molecule has 84 valence electrons. The first-order valence-corrected chi connectivity index (χ1v) is 4.65. The lowest BCUT2D eigenvalue weighted by Gasteiger charge is -2.18. The Balaban J connectivity index is 4.09. The molecule has 0 heterocycles. The summed E-state index contributed by atoms with van der Waals surface area (Å²) < 4.78 is 0. The minimum atomic E-state index is -0.891. The maximum absolute atomic E-state index is 10.8. The lowest BCUT2D eigenvalue weighted by Crippen LogP contribution is -2.38. The van der Waals surface area contributed by atoms with Crippen molar-refractivity contribution in [1.82, 2.24) is 0 Å². The quantitative estimate of drug-likeness (QED) is 0.326. The van der Waals surface area contributed by atoms with E-state index in [-0.39, 0.29) is 25.2 Å². The van der Waals surface area contributed by atoms with Crippen LogP contribution in [0.25, 0.3) is 0 Å². The van der Waals surface area contributed by atoms with E-state index in [9.17, 15) is 4.79 Å². The Labute approximate surface area is 83.6 Å². The van der Waals surface area contributed by atoms with Gasteiger partial charge in [0.05, 0.1) is 5.92 Å². The fraction of sp³-hybridized carbons (Fsp3) is 0.875. The summed E-state index contributed by atoms with van der Waals surface area (Å²) in [5.74, 6) is -1.44. The van der Waals surface area contributed by atoms with Gasteiger partial charge in [-0.05, 0) is 12.8 Å². The highest BCUT2D eigenvalue weighted by Gasteiger charge is 2.22. The van der Waals surface area contributed by atoms with E-state index in [2.05, 4.69) is 0 Å². The summed E-state index contributed by atoms with van der Waals surface area (Å²) in [6.07, 6.45) is 0.694. The summed E-state index contributed by atoms with van der Waals surface area (Å²) in [6, 6.07) is -0.581. The molecule has 6 heteroatoms. The van der Waals surface area contributed by atoms with Crippen molar-refractivity contribution < 1.29 is 9.90 Å². The highest BCUT2D eigenvalue weighted by molar-refractivity contribution is 5.70. The molecule has 0 aromatic heterocycles. The van der Waals surface area contributed by atoms with E-state index in [1.54, 1.807) is 0 Å². The third-order valence-electron chi connectivity index (χ3n) is 2.13. The van der Waals surface area contributed by atoms with Crippen LogP contribution < -0.4 is 22.9 Å². The van der Waals surface area contributed by atoms with Crippen LogP contribution >= 0.6 is 0 Å². The Kier molecular flexibility index (Phi) is 6.39. The van der Waals surface area contributed by atoms with Crippen LogP contribution in [-0.2, 0) is 4.79 Å². The maximum Gasteiger partial charge on any atom is 0.306 e. The van der Waals surface area contributed by atoms with E-state index in [1.807, 2.05) is 0 Å². The van der Waals surface area contributed by atoms with Crippen LogP contribution in [0.4, 0.5) is 0 Å². The van der Waals surface area contributed by atoms with Crippen molar-refractivity contribution in [2.75, 3.05) is 13.1 Å². The maximum atomic E-state index is 10.8. The summed E-state index contributed by atoms with van der Waals surface area (Å²) in [4.78, 5) is 10.8. The first-order valence-electron chi connectivity index (χ1n) is 4.65. The van der Waals surface area contributed by atoms with Gasteiger partial charge in [-0.3, -0.25) is 4.79 Å². The average molecular weight is 204 g/mol. The van der Waals surface area contributed by atoms with Crippen LogP contribution in [0, 0.1) is 5.92 Å². The molecule has 0 rings (SSSR count). The molecular weight excluding hydrogens is 184 g/mol. The van der Waals surface area contributed by atoms with Crippen molar-refractivity contribution in [3.8, 4) is 0 Å². The summed E-state index contributed by atoms with van der Waals surface area (Å²) in [7, 11) is 0. The van der Waals surface area contributed by atoms with E-state index >= 15 is 0 Å². The number of carboxylic acid groups (broad SMARTS) is 1. The highest BCUT2D eigenvalue weighted by Crippen LogP contribution is 2.12. The molecule has 0 aromatic carbocycles. The van der Waals surface area contributed by atoms with E-state index in [0.29, 0.717) is 12.8 Å². The Morgan fingerprint density at radius 2 is 1.43 bits per heavy atom. The Bertz CT molecular complexity index is 165. The lowest BCUT2D eigenvalue weighted by molar-refractivity contribution is -0.142. The van der Waals surface area contributed by atoms with Gasteiger partial charge in [0.15, 0.2) is 0 Å². The number of hydrogen-bond acceptors (Lipinski definition) is 5. The Morgan fingerprint density at radius 3 is 1.64 bits per heavy atom. The van der Waals surface area contributed by atoms with Crippen molar-refractivity contribution in [1.29, 1.82) is 0 Å². The molecular formula is C8H20N4O2. The summed E-state index contributed by atoms with van der Waals surface area (Å²) in [6.45, 7) is 0.559. The third kappa shape index (κ3) is 5.13. The second kappa shape index (κ2) is 6.72. The number of nitrogens with two attached hydrogens (primary N) is 4. The minimum absolute atomic E-state index is 0.279. The van der Waals surface area contributed by atoms with Gasteiger partial charge in [0.2, 0.25) is 0 Å². The van der Waals surface area contributed by atoms with Crippen LogP contribution in [-0.4, -0.2) is 36.2 Å². The molecule has 0 bridgehead atoms. The number of carbonyl (C=O) groups is 1. The molecule has 0 saturated carbocycles. The fourth-order valence-corrected chi connectivity index (χ4v) is 1.22. The predicted octanol–water partition coefficient (Wildman–Crippen LogP) is -1.96. The summed E-state index contributed by atoms with van der Waals surface area (Å²) >= 11 is 0. The van der Waals surface area contributed by atoms with Gasteiger partial charge < -0.3 is 28.0 Å². The largest absolute Gasteiger partial charge is 0.481 e. The van der Waals surface area contributed by atoms with Gasteiger partial charge in [-0.25, -0.2) is 0 Å². The molecule has 0 aliphatic heterocycles. The van der Waals surface area contributed by atoms with Crippen molar-refractivity contribution in [3.63, 3.8) is 0 Å². The fourth-order valence-electron chi connectivity index (χ4n) is 1.22. The number of carboxylic acids is 1. The van der Waals surface area contributed by atoms with Crippen LogP contribution in [0.2, 0.25) is 0 Å². The van der Waals surface area contributed by atoms with Crippen LogP contribution in [0.5, 0.6) is 0 Å². The zero-order valence-electron chi connectivity index (χ0n) is 8.23. The predicted molar refractivity (Wildman–Crippen MR) is 54.4 cm³/mol. The molecule has 0 amide bonds. The molecule has 0 aliphatic rings. The standard InChI is InChI=1S/C8H20N4O2/c9-3-6(11)1-5(8(13)14)2-7(12)4-10/h5-7H,1-4,9-12H2,(H,13,14). The van der Waals surface area contributed by atoms with Gasteiger partial charge in [0.1, 0.15) is 0 Å². The molecule has 0 fully saturated rings. The number of hydrogen-bond donors (Lipinski definition) is 5. The molecule has 0 saturated heterocycles. The van der Waals surface area contributed by atoms with Gasteiger partial charge in [-0.2, -0.15) is 0 Å². The molecule has 0 aliphatic carbocycles. The van der Waals surface area contributed by atoms with Gasteiger partial charge >= 0.3 is 5.97 Å². The van der Waals surface area contributed by atoms with Crippen LogP contribution in [0.15, 0.2) is 0 Å². The minimum Gasteiger partial charge on any atom is -0.481 e. The Hall–Kier alpha value is -0.690. The number of rotatable bonds is 7. The van der Waals surface area contributed by atoms with Gasteiger partial charge in [-0.1, -0.05) is 0 Å². The van der Waals surface area contributed by atoms with Crippen molar-refractivity contribution in [3.05, 3.63) is 0 Å². The Morgan fingerprint density at radius 1 is 1.07 bits per heavy atom. The van der Waals surface area contributed by atoms with Crippen molar-refractivity contribution >= 4 is 5.97 Å². The normalized spacial score (nSPS) is 17.4. The highest BCUT2D eigenvalue weighted by atomic mass is 16.4. The molecule has 9 N–H and O–H groups in total. The van der Waals surface area contributed by atoms with Gasteiger partial charge in [0, 0.05) is 25.2 Å². The lowest BCUT2D eigenvalue weighted by atomic mass is 9.93. The van der Waals surface area contributed by atoms with Gasteiger partial charge in [-0.15, -0.1) is 0 Å². The topological polar surface area (TPSA) is 141 Å². The van der Waals surface area contributed by atoms with Crippen molar-refractivity contribution in [2.24, 2.45) is 28.9 Å². The molecule has 2 unspecified atom stereocenters. The molecule has 14 heavy (non-hydrogen) atoms. The zero-order chi connectivity index (χ0) is 11.1. The van der Waals surface area contributed by atoms with E-state index < -0.39 is 11.9 Å². The third-order valence-corrected chi connectivity index (χ3v) is 2.13. The second-order valence-corrected chi connectivity index (χ2v) is 3.50. The summed E-state index contributed by atoms with van der Waals surface area (Å²) in [5, 5.41) is 8.87. The van der Waals surface area contributed by atoms with Crippen LogP contribution in [0.1, 0.15) is 12.8 Å². The molecule has 6 nitrogen and oxygen atoms in total. The smallest absolute Gasteiger partial charge is 0.306 e. The van der Waals surface area contributed by atoms with Gasteiger partial charge in [0.25, 0.3) is 0 Å². The summed E-state index contributed by atoms with van der Waals surface area (Å²) in [5.41, 5.74) is 21.8. The molecule has 2 atom stereocenters. The SMILES string of the molecule is NCC(N)CC(CC(N)CN)C(=O)O.